The van der Waals surface area contributed by atoms with Gasteiger partial charge in [-0.15, -0.1) is 0 Å². The molecule has 8 nitrogen and oxygen atoms in total. The molecule has 136 valence electrons. The van der Waals surface area contributed by atoms with Gasteiger partial charge in [0.2, 0.25) is 10.0 Å². The Hall–Kier alpha value is -2.36. The standard InChI is InChI=1S/C16H16ClN5O3S/c17-12-2-1-5-18-15(12)21-6-8-22(9-7-21)26(24,25)11-3-4-13-14(10-11)20-16(23)19-13/h1-5,10H,6-9H2,(H2,19,20,23). The number of fused-ring (bicyclic) bond motifs is 1. The molecule has 0 aliphatic carbocycles. The van der Waals surface area contributed by atoms with Gasteiger partial charge in [0.25, 0.3) is 0 Å². The zero-order valence-corrected chi connectivity index (χ0v) is 15.2. The molecular formula is C16H16ClN5O3S. The lowest BCUT2D eigenvalue weighted by Gasteiger charge is -2.35. The molecule has 4 rings (SSSR count). The van der Waals surface area contributed by atoms with E-state index >= 15 is 0 Å². The average Bonchev–Trinajstić information content (AvgIpc) is 3.01. The first-order valence-corrected chi connectivity index (χ1v) is 9.84. The number of aromatic amines is 2. The summed E-state index contributed by atoms with van der Waals surface area (Å²) in [7, 11) is -3.64. The molecule has 1 saturated heterocycles. The number of rotatable bonds is 3. The second-order valence-electron chi connectivity index (χ2n) is 5.99. The van der Waals surface area contributed by atoms with Gasteiger partial charge in [-0.3, -0.25) is 0 Å². The molecule has 2 aromatic heterocycles. The molecular weight excluding hydrogens is 378 g/mol. The highest BCUT2D eigenvalue weighted by Crippen LogP contribution is 2.25. The summed E-state index contributed by atoms with van der Waals surface area (Å²) in [6.07, 6.45) is 1.66. The number of sulfonamides is 1. The highest BCUT2D eigenvalue weighted by atomic mass is 35.5. The van der Waals surface area contributed by atoms with Crippen molar-refractivity contribution in [3.05, 3.63) is 52.0 Å². The van der Waals surface area contributed by atoms with Crippen LogP contribution in [-0.2, 0) is 10.0 Å². The Balaban J connectivity index is 1.55. The van der Waals surface area contributed by atoms with Crippen molar-refractivity contribution in [1.82, 2.24) is 19.3 Å². The summed E-state index contributed by atoms with van der Waals surface area (Å²) < 4.78 is 27.3. The maximum Gasteiger partial charge on any atom is 0.323 e. The van der Waals surface area contributed by atoms with E-state index in [4.69, 9.17) is 11.6 Å². The van der Waals surface area contributed by atoms with E-state index in [2.05, 4.69) is 15.0 Å². The molecule has 26 heavy (non-hydrogen) atoms. The predicted molar refractivity (Wildman–Crippen MR) is 99.1 cm³/mol. The van der Waals surface area contributed by atoms with E-state index in [-0.39, 0.29) is 10.6 Å². The summed E-state index contributed by atoms with van der Waals surface area (Å²) in [6, 6.07) is 8.09. The zero-order chi connectivity index (χ0) is 18.3. The Morgan fingerprint density at radius 1 is 1.04 bits per heavy atom. The van der Waals surface area contributed by atoms with Crippen LogP contribution in [0.3, 0.4) is 0 Å². The van der Waals surface area contributed by atoms with Crippen molar-refractivity contribution in [1.29, 1.82) is 0 Å². The van der Waals surface area contributed by atoms with Crippen molar-refractivity contribution in [2.24, 2.45) is 0 Å². The molecule has 0 atom stereocenters. The van der Waals surface area contributed by atoms with Gasteiger partial charge < -0.3 is 14.9 Å². The van der Waals surface area contributed by atoms with Gasteiger partial charge in [-0.05, 0) is 30.3 Å². The van der Waals surface area contributed by atoms with Gasteiger partial charge >= 0.3 is 5.69 Å². The van der Waals surface area contributed by atoms with Crippen LogP contribution in [0.15, 0.2) is 46.2 Å². The van der Waals surface area contributed by atoms with Crippen LogP contribution < -0.4 is 10.6 Å². The first kappa shape index (κ1) is 17.1. The number of pyridine rings is 1. The van der Waals surface area contributed by atoms with E-state index in [1.54, 1.807) is 24.4 Å². The number of anilines is 1. The molecule has 10 heteroatoms. The number of hydrogen-bond donors (Lipinski definition) is 2. The third kappa shape index (κ3) is 2.98. The molecule has 1 aliphatic rings. The summed E-state index contributed by atoms with van der Waals surface area (Å²) >= 11 is 6.17. The largest absolute Gasteiger partial charge is 0.353 e. The van der Waals surface area contributed by atoms with Crippen LogP contribution in [0.25, 0.3) is 11.0 Å². The molecule has 0 amide bonds. The van der Waals surface area contributed by atoms with Crippen molar-refractivity contribution >= 4 is 38.5 Å². The van der Waals surface area contributed by atoms with Crippen LogP contribution >= 0.6 is 11.6 Å². The number of aromatic nitrogens is 3. The molecule has 3 aromatic rings. The molecule has 0 radical (unpaired) electrons. The minimum absolute atomic E-state index is 0.157. The molecule has 1 aromatic carbocycles. The van der Waals surface area contributed by atoms with Gasteiger partial charge in [0.1, 0.15) is 5.82 Å². The van der Waals surface area contributed by atoms with Crippen LogP contribution in [0.5, 0.6) is 0 Å². The lowest BCUT2D eigenvalue weighted by Crippen LogP contribution is -2.49. The van der Waals surface area contributed by atoms with Crippen LogP contribution in [0.4, 0.5) is 5.82 Å². The minimum Gasteiger partial charge on any atom is -0.353 e. The monoisotopic (exact) mass is 393 g/mol. The van der Waals surface area contributed by atoms with Crippen molar-refractivity contribution in [2.45, 2.75) is 4.90 Å². The van der Waals surface area contributed by atoms with Crippen molar-refractivity contribution in [3.8, 4) is 0 Å². The van der Waals surface area contributed by atoms with E-state index in [9.17, 15) is 13.2 Å². The second kappa shape index (κ2) is 6.42. The Kier molecular flexibility index (Phi) is 4.22. The molecule has 3 heterocycles. The van der Waals surface area contributed by atoms with Gasteiger partial charge in [0.05, 0.1) is 21.0 Å². The van der Waals surface area contributed by atoms with E-state index in [1.165, 1.54) is 16.4 Å². The first-order chi connectivity index (χ1) is 12.4. The van der Waals surface area contributed by atoms with Gasteiger partial charge in [-0.1, -0.05) is 11.6 Å². The Bertz CT molecular complexity index is 1120. The fourth-order valence-electron chi connectivity index (χ4n) is 3.07. The molecule has 0 bridgehead atoms. The van der Waals surface area contributed by atoms with Gasteiger partial charge in [0, 0.05) is 32.4 Å². The summed E-state index contributed by atoms with van der Waals surface area (Å²) in [5, 5.41) is 0.547. The zero-order valence-electron chi connectivity index (χ0n) is 13.6. The number of imidazole rings is 1. The average molecular weight is 394 g/mol. The number of benzene rings is 1. The quantitative estimate of drug-likeness (QED) is 0.700. The number of nitrogens with one attached hydrogen (secondary N) is 2. The maximum atomic E-state index is 12.9. The van der Waals surface area contributed by atoms with E-state index in [1.807, 2.05) is 4.90 Å². The molecule has 0 spiro atoms. The Morgan fingerprint density at radius 3 is 2.50 bits per heavy atom. The number of halogens is 1. The maximum absolute atomic E-state index is 12.9. The molecule has 1 fully saturated rings. The van der Waals surface area contributed by atoms with Gasteiger partial charge in [-0.25, -0.2) is 18.2 Å². The summed E-state index contributed by atoms with van der Waals surface area (Å²) in [5.74, 6) is 0.664. The number of nitrogens with zero attached hydrogens (tertiary/aromatic N) is 3. The first-order valence-electron chi connectivity index (χ1n) is 8.03. The fourth-order valence-corrected chi connectivity index (χ4v) is 4.76. The van der Waals surface area contributed by atoms with E-state index in [0.29, 0.717) is 48.1 Å². The molecule has 2 N–H and O–H groups in total. The number of piperazine rings is 1. The third-order valence-corrected chi connectivity index (χ3v) is 6.59. The molecule has 0 unspecified atom stereocenters. The van der Waals surface area contributed by atoms with E-state index in [0.717, 1.165) is 0 Å². The second-order valence-corrected chi connectivity index (χ2v) is 8.33. The summed E-state index contributed by atoms with van der Waals surface area (Å²) in [6.45, 7) is 1.66. The summed E-state index contributed by atoms with van der Waals surface area (Å²) in [4.78, 5) is 22.9. The molecule has 1 aliphatic heterocycles. The lowest BCUT2D eigenvalue weighted by atomic mass is 10.3. The van der Waals surface area contributed by atoms with Crippen LogP contribution in [-0.4, -0.2) is 53.9 Å². The van der Waals surface area contributed by atoms with Crippen LogP contribution in [0.2, 0.25) is 5.02 Å². The Labute approximate surface area is 154 Å². The highest BCUT2D eigenvalue weighted by Gasteiger charge is 2.29. The summed E-state index contributed by atoms with van der Waals surface area (Å²) in [5.41, 5.74) is 0.675. The topological polar surface area (TPSA) is 102 Å². The van der Waals surface area contributed by atoms with Gasteiger partial charge in [-0.2, -0.15) is 4.31 Å². The van der Waals surface area contributed by atoms with Crippen molar-refractivity contribution in [3.63, 3.8) is 0 Å². The Morgan fingerprint density at radius 2 is 1.77 bits per heavy atom. The van der Waals surface area contributed by atoms with Crippen molar-refractivity contribution in [2.75, 3.05) is 31.1 Å². The SMILES string of the molecule is O=c1[nH]c2ccc(S(=O)(=O)N3CCN(c4ncccc4Cl)CC3)cc2[nH]1. The smallest absolute Gasteiger partial charge is 0.323 e. The lowest BCUT2D eigenvalue weighted by molar-refractivity contribution is 0.384. The van der Waals surface area contributed by atoms with Gasteiger partial charge in [0.15, 0.2) is 0 Å². The normalized spacial score (nSPS) is 16.3. The fraction of sp³-hybridized carbons (Fsp3) is 0.250. The number of hydrogen-bond acceptors (Lipinski definition) is 5. The third-order valence-electron chi connectivity index (χ3n) is 4.40. The van der Waals surface area contributed by atoms with Crippen molar-refractivity contribution < 1.29 is 8.42 Å². The van der Waals surface area contributed by atoms with E-state index < -0.39 is 10.0 Å². The molecule has 0 saturated carbocycles. The highest BCUT2D eigenvalue weighted by molar-refractivity contribution is 7.89. The number of H-pyrrole nitrogens is 2. The minimum atomic E-state index is -3.64. The predicted octanol–water partition coefficient (Wildman–Crippen LogP) is 1.42. The van der Waals surface area contributed by atoms with Crippen LogP contribution in [0.1, 0.15) is 0 Å². The van der Waals surface area contributed by atoms with Crippen LogP contribution in [0, 0.1) is 0 Å².